The Morgan fingerprint density at radius 1 is 1.17 bits per heavy atom. The molecule has 23 heavy (non-hydrogen) atoms. The molecular formula is C17H23FN4O. The van der Waals surface area contributed by atoms with Crippen LogP contribution < -0.4 is 4.90 Å². The molecule has 1 aromatic heterocycles. The second-order valence-corrected chi connectivity index (χ2v) is 5.79. The van der Waals surface area contributed by atoms with Gasteiger partial charge in [-0.25, -0.2) is 9.37 Å². The zero-order valence-corrected chi connectivity index (χ0v) is 13.5. The third kappa shape index (κ3) is 3.89. The quantitative estimate of drug-likeness (QED) is 0.816. The molecule has 1 aliphatic rings. The molecule has 0 amide bonds. The maximum absolute atomic E-state index is 13.9. The fraction of sp³-hybridized carbons (Fsp3) is 0.471. The van der Waals surface area contributed by atoms with E-state index in [4.69, 9.17) is 4.74 Å². The van der Waals surface area contributed by atoms with Gasteiger partial charge in [-0.15, -0.1) is 0 Å². The molecule has 0 spiro atoms. The summed E-state index contributed by atoms with van der Waals surface area (Å²) >= 11 is 0. The van der Waals surface area contributed by atoms with Crippen molar-refractivity contribution >= 4 is 5.69 Å². The number of anilines is 1. The molecule has 1 aliphatic heterocycles. The minimum Gasteiger partial charge on any atom is -0.383 e. The van der Waals surface area contributed by atoms with Crippen molar-refractivity contribution in [3.05, 3.63) is 48.3 Å². The normalized spacial score (nSPS) is 16.0. The van der Waals surface area contributed by atoms with Gasteiger partial charge >= 0.3 is 0 Å². The third-order valence-electron chi connectivity index (χ3n) is 4.29. The molecule has 0 saturated carbocycles. The molecule has 0 atom stereocenters. The van der Waals surface area contributed by atoms with E-state index in [0.717, 1.165) is 39.3 Å². The van der Waals surface area contributed by atoms with Crippen molar-refractivity contribution in [1.29, 1.82) is 0 Å². The Balaban J connectivity index is 1.55. The fourth-order valence-corrected chi connectivity index (χ4v) is 2.95. The molecule has 5 nitrogen and oxygen atoms in total. The van der Waals surface area contributed by atoms with Gasteiger partial charge in [-0.1, -0.05) is 12.1 Å². The van der Waals surface area contributed by atoms with E-state index >= 15 is 0 Å². The zero-order valence-electron chi connectivity index (χ0n) is 13.5. The molecule has 1 saturated heterocycles. The van der Waals surface area contributed by atoms with Gasteiger partial charge in [-0.2, -0.15) is 0 Å². The summed E-state index contributed by atoms with van der Waals surface area (Å²) < 4.78 is 21.1. The number of imidazole rings is 1. The highest BCUT2D eigenvalue weighted by Crippen LogP contribution is 2.20. The van der Waals surface area contributed by atoms with Crippen LogP contribution in [-0.2, 0) is 17.8 Å². The number of benzene rings is 1. The predicted molar refractivity (Wildman–Crippen MR) is 88.0 cm³/mol. The van der Waals surface area contributed by atoms with Crippen LogP contribution in [0.25, 0.3) is 0 Å². The topological polar surface area (TPSA) is 33.5 Å². The first-order chi connectivity index (χ1) is 11.3. The molecule has 124 valence electrons. The number of halogens is 1. The predicted octanol–water partition coefficient (Wildman–Crippen LogP) is 1.99. The lowest BCUT2D eigenvalue weighted by Crippen LogP contribution is -2.46. The van der Waals surface area contributed by atoms with Crippen LogP contribution in [0.2, 0.25) is 0 Å². The molecule has 0 radical (unpaired) electrons. The molecule has 3 rings (SSSR count). The first-order valence-corrected chi connectivity index (χ1v) is 7.97. The highest BCUT2D eigenvalue weighted by molar-refractivity contribution is 5.47. The number of rotatable bonds is 6. The standard InChI is InChI=1S/C17H23FN4O/c1-23-11-10-22-14-19-12-15(22)13-20-6-8-21(9-7-20)17-5-3-2-4-16(17)18/h2-5,12,14H,6-11,13H2,1H3. The van der Waals surface area contributed by atoms with Crippen molar-refractivity contribution in [3.8, 4) is 0 Å². The van der Waals surface area contributed by atoms with Crippen molar-refractivity contribution in [1.82, 2.24) is 14.5 Å². The number of piperazine rings is 1. The average molecular weight is 318 g/mol. The molecule has 6 heteroatoms. The van der Waals surface area contributed by atoms with Gasteiger partial charge < -0.3 is 14.2 Å². The molecule has 0 aliphatic carbocycles. The maximum atomic E-state index is 13.9. The van der Waals surface area contributed by atoms with E-state index in [1.165, 1.54) is 11.8 Å². The maximum Gasteiger partial charge on any atom is 0.146 e. The number of methoxy groups -OCH3 is 1. The van der Waals surface area contributed by atoms with Gasteiger partial charge in [0.05, 0.1) is 24.3 Å². The molecule has 2 aromatic rings. The van der Waals surface area contributed by atoms with Crippen LogP contribution in [0.3, 0.4) is 0 Å². The van der Waals surface area contributed by atoms with Gasteiger partial charge in [0.2, 0.25) is 0 Å². The summed E-state index contributed by atoms with van der Waals surface area (Å²) in [6.07, 6.45) is 3.77. The monoisotopic (exact) mass is 318 g/mol. The molecule has 1 fully saturated rings. The number of aromatic nitrogens is 2. The Hall–Kier alpha value is -1.92. The van der Waals surface area contributed by atoms with E-state index in [9.17, 15) is 4.39 Å². The van der Waals surface area contributed by atoms with Gasteiger partial charge in [-0.3, -0.25) is 4.90 Å². The van der Waals surface area contributed by atoms with Crippen LogP contribution >= 0.6 is 0 Å². The molecule has 0 bridgehead atoms. The smallest absolute Gasteiger partial charge is 0.146 e. The summed E-state index contributed by atoms with van der Waals surface area (Å²) in [5, 5.41) is 0. The third-order valence-corrected chi connectivity index (χ3v) is 4.29. The van der Waals surface area contributed by atoms with E-state index in [1.807, 2.05) is 24.7 Å². The molecular weight excluding hydrogens is 295 g/mol. The van der Waals surface area contributed by atoms with Gasteiger partial charge in [0, 0.05) is 52.6 Å². The van der Waals surface area contributed by atoms with E-state index in [2.05, 4.69) is 19.4 Å². The molecule has 1 aromatic carbocycles. The summed E-state index contributed by atoms with van der Waals surface area (Å²) in [4.78, 5) is 8.74. The van der Waals surface area contributed by atoms with E-state index in [1.54, 1.807) is 13.2 Å². The van der Waals surface area contributed by atoms with Crippen molar-refractivity contribution in [2.24, 2.45) is 0 Å². The lowest BCUT2D eigenvalue weighted by molar-refractivity contribution is 0.183. The van der Waals surface area contributed by atoms with Crippen molar-refractivity contribution in [2.45, 2.75) is 13.1 Å². The summed E-state index contributed by atoms with van der Waals surface area (Å²) in [5.41, 5.74) is 1.90. The SMILES string of the molecule is COCCn1cncc1CN1CCN(c2ccccc2F)CC1. The average Bonchev–Trinajstić information content (AvgIpc) is 3.01. The Morgan fingerprint density at radius 3 is 2.70 bits per heavy atom. The zero-order chi connectivity index (χ0) is 16.1. The van der Waals surface area contributed by atoms with Gasteiger partial charge in [0.1, 0.15) is 5.82 Å². The van der Waals surface area contributed by atoms with E-state index in [-0.39, 0.29) is 5.82 Å². The summed E-state index contributed by atoms with van der Waals surface area (Å²) in [6, 6.07) is 7.00. The highest BCUT2D eigenvalue weighted by atomic mass is 19.1. The number of hydrogen-bond acceptors (Lipinski definition) is 4. The Bertz CT molecular complexity index is 623. The summed E-state index contributed by atoms with van der Waals surface area (Å²) in [5.74, 6) is -0.140. The van der Waals surface area contributed by atoms with Crippen LogP contribution in [0, 0.1) is 5.82 Å². The van der Waals surface area contributed by atoms with Crippen LogP contribution in [0.4, 0.5) is 10.1 Å². The van der Waals surface area contributed by atoms with Crippen molar-refractivity contribution in [2.75, 3.05) is 44.8 Å². The lowest BCUT2D eigenvalue weighted by Gasteiger charge is -2.36. The van der Waals surface area contributed by atoms with Crippen molar-refractivity contribution < 1.29 is 9.13 Å². The van der Waals surface area contributed by atoms with E-state index < -0.39 is 0 Å². The van der Waals surface area contributed by atoms with Gasteiger partial charge in [0.25, 0.3) is 0 Å². The molecule has 0 unspecified atom stereocenters. The first kappa shape index (κ1) is 16.0. The van der Waals surface area contributed by atoms with Crippen LogP contribution in [0.1, 0.15) is 5.69 Å². The first-order valence-electron chi connectivity index (χ1n) is 7.97. The number of para-hydroxylation sites is 1. The Labute approximate surface area is 136 Å². The lowest BCUT2D eigenvalue weighted by atomic mass is 10.2. The van der Waals surface area contributed by atoms with Crippen LogP contribution in [-0.4, -0.2) is 54.3 Å². The second kappa shape index (κ2) is 7.57. The highest BCUT2D eigenvalue weighted by Gasteiger charge is 2.20. The second-order valence-electron chi connectivity index (χ2n) is 5.79. The fourth-order valence-electron chi connectivity index (χ4n) is 2.95. The number of ether oxygens (including phenoxy) is 1. The minimum atomic E-state index is -0.140. The Morgan fingerprint density at radius 2 is 1.96 bits per heavy atom. The molecule has 2 heterocycles. The Kier molecular flexibility index (Phi) is 5.25. The number of nitrogens with zero attached hydrogens (tertiary/aromatic N) is 4. The molecule has 0 N–H and O–H groups in total. The minimum absolute atomic E-state index is 0.140. The van der Waals surface area contributed by atoms with Gasteiger partial charge in [-0.05, 0) is 12.1 Å². The summed E-state index contributed by atoms with van der Waals surface area (Å²) in [6.45, 7) is 5.90. The number of hydrogen-bond donors (Lipinski definition) is 0. The largest absolute Gasteiger partial charge is 0.383 e. The van der Waals surface area contributed by atoms with Crippen LogP contribution in [0.15, 0.2) is 36.8 Å². The van der Waals surface area contributed by atoms with E-state index in [0.29, 0.717) is 12.3 Å². The van der Waals surface area contributed by atoms with Crippen molar-refractivity contribution in [3.63, 3.8) is 0 Å². The summed E-state index contributed by atoms with van der Waals surface area (Å²) in [7, 11) is 1.71. The van der Waals surface area contributed by atoms with Crippen LogP contribution in [0.5, 0.6) is 0 Å². The van der Waals surface area contributed by atoms with Gasteiger partial charge in [0.15, 0.2) is 0 Å².